The van der Waals surface area contributed by atoms with E-state index in [2.05, 4.69) is 5.32 Å². The third-order valence-corrected chi connectivity index (χ3v) is 4.38. The fourth-order valence-electron chi connectivity index (χ4n) is 1.45. The molecule has 0 aliphatic heterocycles. The largest absolute Gasteiger partial charge is 0.506 e. The molecule has 1 rings (SSSR count). The van der Waals surface area contributed by atoms with Crippen LogP contribution in [0.2, 0.25) is 0 Å². The van der Waals surface area contributed by atoms with Crippen molar-refractivity contribution in [2.45, 2.75) is 17.4 Å². The maximum Gasteiger partial charge on any atom is 0.241 e. The first-order valence-corrected chi connectivity index (χ1v) is 9.12. The molecule has 1 atom stereocenters. The molecule has 20 heavy (non-hydrogen) atoms. The lowest BCUT2D eigenvalue weighted by molar-refractivity contribution is -0.117. The molecule has 6 nitrogen and oxygen atoms in total. The zero-order valence-corrected chi connectivity index (χ0v) is 12.9. The zero-order chi connectivity index (χ0) is 15.3. The molecule has 4 N–H and O–H groups in total. The van der Waals surface area contributed by atoms with E-state index in [1.165, 1.54) is 18.2 Å². The molecule has 112 valence electrons. The van der Waals surface area contributed by atoms with Crippen molar-refractivity contribution in [1.82, 2.24) is 0 Å². The van der Waals surface area contributed by atoms with Gasteiger partial charge in [-0.25, -0.2) is 8.42 Å². The van der Waals surface area contributed by atoms with E-state index in [-0.39, 0.29) is 16.3 Å². The second kappa shape index (κ2) is 6.96. The van der Waals surface area contributed by atoms with Gasteiger partial charge in [-0.05, 0) is 36.6 Å². The number of hydrogen-bond donors (Lipinski definition) is 3. The molecule has 0 fully saturated rings. The van der Waals surface area contributed by atoms with E-state index in [1.807, 2.05) is 6.26 Å². The fourth-order valence-corrected chi connectivity index (χ4v) is 2.58. The molecule has 0 spiro atoms. The van der Waals surface area contributed by atoms with Crippen LogP contribution in [0.1, 0.15) is 6.42 Å². The van der Waals surface area contributed by atoms with Crippen LogP contribution in [-0.4, -0.2) is 43.7 Å². The number of carbonyl (C=O) groups excluding carboxylic acids is 1. The molecule has 1 amide bonds. The summed E-state index contributed by atoms with van der Waals surface area (Å²) in [5.41, 5.74) is 5.74. The number of phenols is 1. The Morgan fingerprint density at radius 1 is 1.50 bits per heavy atom. The van der Waals surface area contributed by atoms with Gasteiger partial charge in [0.1, 0.15) is 5.75 Å². The highest BCUT2D eigenvalue weighted by Crippen LogP contribution is 2.26. The second-order valence-corrected chi connectivity index (χ2v) is 7.33. The van der Waals surface area contributed by atoms with E-state index in [1.54, 1.807) is 11.8 Å². The van der Waals surface area contributed by atoms with Gasteiger partial charge in [-0.15, -0.1) is 0 Å². The van der Waals surface area contributed by atoms with Crippen molar-refractivity contribution in [2.75, 3.05) is 23.6 Å². The van der Waals surface area contributed by atoms with Gasteiger partial charge in [0.25, 0.3) is 0 Å². The Morgan fingerprint density at radius 2 is 2.15 bits per heavy atom. The molecule has 1 aromatic rings. The molecular weight excluding hydrogens is 300 g/mol. The molecule has 0 bridgehead atoms. The summed E-state index contributed by atoms with van der Waals surface area (Å²) in [4.78, 5) is 11.8. The van der Waals surface area contributed by atoms with Crippen molar-refractivity contribution in [3.8, 4) is 5.75 Å². The highest BCUT2D eigenvalue weighted by Gasteiger charge is 2.16. The Labute approximate surface area is 122 Å². The number of hydrogen-bond acceptors (Lipinski definition) is 6. The molecule has 0 unspecified atom stereocenters. The van der Waals surface area contributed by atoms with Gasteiger partial charge >= 0.3 is 0 Å². The molecule has 0 saturated heterocycles. The summed E-state index contributed by atoms with van der Waals surface area (Å²) in [5.74, 6) is 0.0760. The minimum atomic E-state index is -3.41. The summed E-state index contributed by atoms with van der Waals surface area (Å²) in [6.07, 6.45) is 3.46. The van der Waals surface area contributed by atoms with Crippen LogP contribution in [0.3, 0.4) is 0 Å². The van der Waals surface area contributed by atoms with Crippen molar-refractivity contribution in [2.24, 2.45) is 5.73 Å². The van der Waals surface area contributed by atoms with Crippen LogP contribution in [0.4, 0.5) is 5.69 Å². The Kier molecular flexibility index (Phi) is 5.85. The van der Waals surface area contributed by atoms with Crippen molar-refractivity contribution >= 4 is 33.2 Å². The maximum absolute atomic E-state index is 11.8. The number of rotatable bonds is 6. The number of amides is 1. The highest BCUT2D eigenvalue weighted by atomic mass is 32.2. The molecular formula is C12H18N2O4S2. The Morgan fingerprint density at radius 3 is 2.70 bits per heavy atom. The zero-order valence-electron chi connectivity index (χ0n) is 11.3. The number of sulfone groups is 1. The Bertz CT molecular complexity index is 587. The second-order valence-electron chi connectivity index (χ2n) is 4.33. The highest BCUT2D eigenvalue weighted by molar-refractivity contribution is 7.98. The number of anilines is 1. The predicted octanol–water partition coefficient (Wildman–Crippen LogP) is 0.815. The van der Waals surface area contributed by atoms with Crippen LogP contribution in [0.5, 0.6) is 5.75 Å². The molecule has 0 saturated carbocycles. The summed E-state index contributed by atoms with van der Waals surface area (Å²) in [6, 6.07) is 3.00. The van der Waals surface area contributed by atoms with E-state index in [4.69, 9.17) is 5.73 Å². The lowest BCUT2D eigenvalue weighted by atomic mass is 10.2. The molecule has 8 heteroatoms. The van der Waals surface area contributed by atoms with Crippen LogP contribution >= 0.6 is 11.8 Å². The molecule has 0 aliphatic rings. The Hall–Kier alpha value is -1.25. The number of thioether (sulfide) groups is 1. The minimum absolute atomic E-state index is 0.0169. The van der Waals surface area contributed by atoms with E-state index in [0.717, 1.165) is 12.0 Å². The van der Waals surface area contributed by atoms with Crippen LogP contribution < -0.4 is 11.1 Å². The summed E-state index contributed by atoms with van der Waals surface area (Å²) in [5, 5.41) is 12.1. The standard InChI is InChI=1S/C12H18N2O4S2/c1-19-6-5-9(13)12(16)14-10-7-8(20(2,17)18)3-4-11(10)15/h3-4,7,9,15H,5-6,13H2,1-2H3,(H,14,16)/t9-/m1/s1. The van der Waals surface area contributed by atoms with E-state index < -0.39 is 21.8 Å². The van der Waals surface area contributed by atoms with E-state index >= 15 is 0 Å². The lowest BCUT2D eigenvalue weighted by Crippen LogP contribution is -2.36. The van der Waals surface area contributed by atoms with Gasteiger partial charge in [-0.3, -0.25) is 4.79 Å². The van der Waals surface area contributed by atoms with Crippen LogP contribution in [0.15, 0.2) is 23.1 Å². The Balaban J connectivity index is 2.89. The summed E-state index contributed by atoms with van der Waals surface area (Å²) in [6.45, 7) is 0. The van der Waals surface area contributed by atoms with Crippen molar-refractivity contribution in [3.63, 3.8) is 0 Å². The number of aromatic hydroxyl groups is 1. The van der Waals surface area contributed by atoms with Gasteiger partial charge < -0.3 is 16.2 Å². The van der Waals surface area contributed by atoms with E-state index in [9.17, 15) is 18.3 Å². The maximum atomic E-state index is 11.8. The quantitative estimate of drug-likeness (QED) is 0.670. The minimum Gasteiger partial charge on any atom is -0.506 e. The molecule has 0 aromatic heterocycles. The predicted molar refractivity (Wildman–Crippen MR) is 80.8 cm³/mol. The summed E-state index contributed by atoms with van der Waals surface area (Å²) < 4.78 is 22.9. The van der Waals surface area contributed by atoms with Gasteiger partial charge in [0.15, 0.2) is 9.84 Å². The van der Waals surface area contributed by atoms with Crippen molar-refractivity contribution in [3.05, 3.63) is 18.2 Å². The first kappa shape index (κ1) is 16.8. The first-order valence-electron chi connectivity index (χ1n) is 5.84. The smallest absolute Gasteiger partial charge is 0.241 e. The van der Waals surface area contributed by atoms with Crippen molar-refractivity contribution in [1.29, 1.82) is 0 Å². The number of nitrogens with two attached hydrogens (primary N) is 1. The third-order valence-electron chi connectivity index (χ3n) is 2.62. The van der Waals surface area contributed by atoms with Gasteiger partial charge in [0, 0.05) is 6.26 Å². The number of nitrogens with one attached hydrogen (secondary N) is 1. The van der Waals surface area contributed by atoms with E-state index in [0.29, 0.717) is 6.42 Å². The SMILES string of the molecule is CSCC[C@@H](N)C(=O)Nc1cc(S(C)(=O)=O)ccc1O. The van der Waals surface area contributed by atoms with Gasteiger partial charge in [-0.1, -0.05) is 0 Å². The monoisotopic (exact) mass is 318 g/mol. The van der Waals surface area contributed by atoms with Crippen LogP contribution in [-0.2, 0) is 14.6 Å². The fraction of sp³-hybridized carbons (Fsp3) is 0.417. The lowest BCUT2D eigenvalue weighted by Gasteiger charge is -2.13. The molecule has 0 aliphatic carbocycles. The van der Waals surface area contributed by atoms with Crippen LogP contribution in [0.25, 0.3) is 0 Å². The normalized spacial score (nSPS) is 12.9. The van der Waals surface area contributed by atoms with Gasteiger partial charge in [0.2, 0.25) is 5.91 Å². The molecule has 0 radical (unpaired) electrons. The number of benzene rings is 1. The van der Waals surface area contributed by atoms with Gasteiger partial charge in [0.05, 0.1) is 16.6 Å². The van der Waals surface area contributed by atoms with Crippen molar-refractivity contribution < 1.29 is 18.3 Å². The first-order chi connectivity index (χ1) is 9.25. The number of phenolic OH excluding ortho intramolecular Hbond substituents is 1. The molecule has 1 aromatic carbocycles. The topological polar surface area (TPSA) is 109 Å². The summed E-state index contributed by atoms with van der Waals surface area (Å²) >= 11 is 1.57. The molecule has 0 heterocycles. The third kappa shape index (κ3) is 4.69. The average molecular weight is 318 g/mol. The summed E-state index contributed by atoms with van der Waals surface area (Å²) in [7, 11) is -3.41. The van der Waals surface area contributed by atoms with Crippen LogP contribution in [0, 0.1) is 0 Å². The number of carbonyl (C=O) groups is 1. The van der Waals surface area contributed by atoms with Gasteiger partial charge in [-0.2, -0.15) is 11.8 Å². The average Bonchev–Trinajstić information content (AvgIpc) is 2.37.